The Labute approximate surface area is 177 Å². The molecule has 0 saturated carbocycles. The third kappa shape index (κ3) is 5.02. The normalized spacial score (nSPS) is 14.6. The van der Waals surface area contributed by atoms with Crippen molar-refractivity contribution >= 4 is 23.5 Å². The molecule has 1 fully saturated rings. The van der Waals surface area contributed by atoms with Crippen molar-refractivity contribution in [2.24, 2.45) is 0 Å². The van der Waals surface area contributed by atoms with Gasteiger partial charge in [0.15, 0.2) is 0 Å². The van der Waals surface area contributed by atoms with E-state index in [-0.39, 0.29) is 0 Å². The molecule has 150 valence electrons. The number of anilines is 3. The van der Waals surface area contributed by atoms with Crippen LogP contribution in [0, 0.1) is 11.3 Å². The van der Waals surface area contributed by atoms with E-state index >= 15 is 0 Å². The zero-order chi connectivity index (χ0) is 20.6. The molecule has 1 saturated heterocycles. The molecular formula is C24H24N6. The standard InChI is InChI=1S/C24H24N6/c25-19-21-10-4-5-11-22(21)27-24-26-13-12-23(28-24)30-17-15-29(16-18-30)14-6-9-20-7-2-1-3-8-20/h1-13H,14-18H2,(H,26,27,28)/b9-6+. The molecule has 30 heavy (non-hydrogen) atoms. The maximum atomic E-state index is 9.26. The van der Waals surface area contributed by atoms with E-state index in [1.165, 1.54) is 5.56 Å². The van der Waals surface area contributed by atoms with Crippen LogP contribution in [0.4, 0.5) is 17.5 Å². The average Bonchev–Trinajstić information content (AvgIpc) is 2.81. The Morgan fingerprint density at radius 3 is 2.53 bits per heavy atom. The van der Waals surface area contributed by atoms with Crippen molar-refractivity contribution in [3.8, 4) is 6.07 Å². The number of piperazine rings is 1. The van der Waals surface area contributed by atoms with Crippen LogP contribution in [0.5, 0.6) is 0 Å². The number of para-hydroxylation sites is 1. The van der Waals surface area contributed by atoms with Crippen LogP contribution in [-0.2, 0) is 0 Å². The highest BCUT2D eigenvalue weighted by molar-refractivity contribution is 5.63. The Morgan fingerprint density at radius 1 is 0.967 bits per heavy atom. The molecule has 0 bridgehead atoms. The first-order chi connectivity index (χ1) is 14.8. The molecular weight excluding hydrogens is 372 g/mol. The zero-order valence-corrected chi connectivity index (χ0v) is 16.8. The third-order valence-corrected chi connectivity index (χ3v) is 5.10. The van der Waals surface area contributed by atoms with Gasteiger partial charge in [0.2, 0.25) is 5.95 Å². The predicted octanol–water partition coefficient (Wildman–Crippen LogP) is 3.93. The number of hydrogen-bond acceptors (Lipinski definition) is 6. The van der Waals surface area contributed by atoms with E-state index in [9.17, 15) is 5.26 Å². The molecule has 0 radical (unpaired) electrons. The summed E-state index contributed by atoms with van der Waals surface area (Å²) >= 11 is 0. The lowest BCUT2D eigenvalue weighted by Crippen LogP contribution is -2.46. The summed E-state index contributed by atoms with van der Waals surface area (Å²) in [4.78, 5) is 13.7. The fourth-order valence-electron chi connectivity index (χ4n) is 3.46. The van der Waals surface area contributed by atoms with E-state index in [1.54, 1.807) is 12.3 Å². The molecule has 1 N–H and O–H groups in total. The van der Waals surface area contributed by atoms with Gasteiger partial charge in [-0.05, 0) is 23.8 Å². The number of benzene rings is 2. The summed E-state index contributed by atoms with van der Waals surface area (Å²) in [5.41, 5.74) is 2.52. The van der Waals surface area contributed by atoms with E-state index in [0.29, 0.717) is 17.2 Å². The summed E-state index contributed by atoms with van der Waals surface area (Å²) in [6.45, 7) is 4.77. The molecule has 0 aliphatic carbocycles. The summed E-state index contributed by atoms with van der Waals surface area (Å²) in [5, 5.41) is 12.4. The quantitative estimate of drug-likeness (QED) is 0.681. The van der Waals surface area contributed by atoms with Crippen LogP contribution in [0.3, 0.4) is 0 Å². The molecule has 0 unspecified atom stereocenters. The molecule has 6 nitrogen and oxygen atoms in total. The summed E-state index contributed by atoms with van der Waals surface area (Å²) in [6, 6.07) is 21.9. The maximum absolute atomic E-state index is 9.26. The van der Waals surface area contributed by atoms with Gasteiger partial charge < -0.3 is 10.2 Å². The van der Waals surface area contributed by atoms with Crippen molar-refractivity contribution in [2.45, 2.75) is 0 Å². The topological polar surface area (TPSA) is 68.1 Å². The van der Waals surface area contributed by atoms with Crippen molar-refractivity contribution in [3.05, 3.63) is 84.1 Å². The van der Waals surface area contributed by atoms with Gasteiger partial charge in [-0.3, -0.25) is 4.90 Å². The van der Waals surface area contributed by atoms with Gasteiger partial charge in [-0.15, -0.1) is 0 Å². The monoisotopic (exact) mass is 396 g/mol. The van der Waals surface area contributed by atoms with Gasteiger partial charge >= 0.3 is 0 Å². The first-order valence-corrected chi connectivity index (χ1v) is 10.1. The van der Waals surface area contributed by atoms with Crippen LogP contribution in [0.15, 0.2) is 72.9 Å². The molecule has 0 amide bonds. The highest BCUT2D eigenvalue weighted by Gasteiger charge is 2.17. The Kier molecular flexibility index (Phi) is 6.33. The van der Waals surface area contributed by atoms with Crippen LogP contribution in [-0.4, -0.2) is 47.6 Å². The van der Waals surface area contributed by atoms with Gasteiger partial charge in [0.1, 0.15) is 11.9 Å². The van der Waals surface area contributed by atoms with Gasteiger partial charge in [0.25, 0.3) is 0 Å². The molecule has 4 rings (SSSR count). The fourth-order valence-corrected chi connectivity index (χ4v) is 3.46. The number of rotatable bonds is 6. The van der Waals surface area contributed by atoms with Crippen molar-refractivity contribution in [1.29, 1.82) is 5.26 Å². The Morgan fingerprint density at radius 2 is 1.73 bits per heavy atom. The van der Waals surface area contributed by atoms with E-state index < -0.39 is 0 Å². The molecule has 1 aliphatic heterocycles. The van der Waals surface area contributed by atoms with E-state index in [0.717, 1.165) is 38.5 Å². The number of aromatic nitrogens is 2. The van der Waals surface area contributed by atoms with Crippen LogP contribution in [0.1, 0.15) is 11.1 Å². The number of nitriles is 1. The van der Waals surface area contributed by atoms with Crippen molar-refractivity contribution < 1.29 is 0 Å². The first kappa shape index (κ1) is 19.6. The van der Waals surface area contributed by atoms with Gasteiger partial charge in [-0.25, -0.2) is 4.98 Å². The van der Waals surface area contributed by atoms with Crippen LogP contribution in [0.25, 0.3) is 6.08 Å². The zero-order valence-electron chi connectivity index (χ0n) is 16.8. The number of nitrogens with one attached hydrogen (secondary N) is 1. The average molecular weight is 396 g/mol. The highest BCUT2D eigenvalue weighted by atomic mass is 15.3. The predicted molar refractivity (Wildman–Crippen MR) is 121 cm³/mol. The molecule has 1 aliphatic rings. The molecule has 1 aromatic heterocycles. The summed E-state index contributed by atoms with van der Waals surface area (Å²) in [5.74, 6) is 1.41. The minimum absolute atomic E-state index is 0.503. The second-order valence-corrected chi connectivity index (χ2v) is 7.12. The van der Waals surface area contributed by atoms with E-state index in [2.05, 4.69) is 67.6 Å². The molecule has 6 heteroatoms. The second kappa shape index (κ2) is 9.68. The molecule has 0 spiro atoms. The van der Waals surface area contributed by atoms with Gasteiger partial charge in [-0.1, -0.05) is 54.6 Å². The molecule has 0 atom stereocenters. The van der Waals surface area contributed by atoms with Crippen molar-refractivity contribution in [2.75, 3.05) is 42.9 Å². The largest absolute Gasteiger partial charge is 0.354 e. The highest BCUT2D eigenvalue weighted by Crippen LogP contribution is 2.20. The lowest BCUT2D eigenvalue weighted by atomic mass is 10.2. The Hall–Kier alpha value is -3.69. The van der Waals surface area contributed by atoms with Crippen LogP contribution < -0.4 is 10.2 Å². The maximum Gasteiger partial charge on any atom is 0.229 e. The van der Waals surface area contributed by atoms with E-state index in [4.69, 9.17) is 0 Å². The lowest BCUT2D eigenvalue weighted by molar-refractivity contribution is 0.283. The minimum Gasteiger partial charge on any atom is -0.354 e. The SMILES string of the molecule is N#Cc1ccccc1Nc1nccc(N2CCN(C/C=C/c3ccccc3)CC2)n1. The summed E-state index contributed by atoms with van der Waals surface area (Å²) < 4.78 is 0. The third-order valence-electron chi connectivity index (χ3n) is 5.10. The number of hydrogen-bond donors (Lipinski definition) is 1. The Balaban J connectivity index is 1.33. The fraction of sp³-hybridized carbons (Fsp3) is 0.208. The number of nitrogens with zero attached hydrogens (tertiary/aromatic N) is 5. The van der Waals surface area contributed by atoms with Crippen molar-refractivity contribution in [1.82, 2.24) is 14.9 Å². The first-order valence-electron chi connectivity index (χ1n) is 10.1. The van der Waals surface area contributed by atoms with Crippen LogP contribution >= 0.6 is 0 Å². The van der Waals surface area contributed by atoms with Gasteiger partial charge in [-0.2, -0.15) is 10.2 Å². The lowest BCUT2D eigenvalue weighted by Gasteiger charge is -2.34. The van der Waals surface area contributed by atoms with Gasteiger partial charge in [0.05, 0.1) is 11.3 Å². The molecule has 3 aromatic rings. The minimum atomic E-state index is 0.503. The smallest absolute Gasteiger partial charge is 0.229 e. The molecule has 2 heterocycles. The summed E-state index contributed by atoms with van der Waals surface area (Å²) in [7, 11) is 0. The van der Waals surface area contributed by atoms with Crippen LogP contribution in [0.2, 0.25) is 0 Å². The Bertz CT molecular complexity index is 1030. The molecule has 2 aromatic carbocycles. The van der Waals surface area contributed by atoms with E-state index in [1.807, 2.05) is 30.3 Å². The van der Waals surface area contributed by atoms with Crippen molar-refractivity contribution in [3.63, 3.8) is 0 Å². The summed E-state index contributed by atoms with van der Waals surface area (Å²) in [6.07, 6.45) is 6.16. The van der Waals surface area contributed by atoms with Gasteiger partial charge in [0, 0.05) is 38.9 Å². The second-order valence-electron chi connectivity index (χ2n) is 7.12.